The number of nitrogens with two attached hydrogens (primary N) is 1. The molecule has 0 spiro atoms. The molecule has 0 amide bonds. The minimum Gasteiger partial charge on any atom is -0.495 e. The average molecular weight is 283 g/mol. The van der Waals surface area contributed by atoms with Gasteiger partial charge in [0.2, 0.25) is 0 Å². The summed E-state index contributed by atoms with van der Waals surface area (Å²) >= 11 is 0. The Labute approximate surface area is 123 Å². The van der Waals surface area contributed by atoms with Gasteiger partial charge in [0.25, 0.3) is 5.56 Å². The largest absolute Gasteiger partial charge is 0.495 e. The van der Waals surface area contributed by atoms with Crippen LogP contribution in [0, 0.1) is 18.8 Å². The summed E-state index contributed by atoms with van der Waals surface area (Å²) in [4.78, 5) is 11.8. The van der Waals surface area contributed by atoms with Crippen molar-refractivity contribution in [3.63, 3.8) is 0 Å². The third-order valence-electron chi connectivity index (χ3n) is 2.92. The van der Waals surface area contributed by atoms with Crippen molar-refractivity contribution in [3.05, 3.63) is 57.5 Å². The number of methoxy groups -OCH3 is 1. The van der Waals surface area contributed by atoms with Crippen LogP contribution in [0.5, 0.6) is 5.75 Å². The lowest BCUT2D eigenvalue weighted by molar-refractivity contribution is 0.413. The lowest BCUT2D eigenvalue weighted by atomic mass is 10.1. The third-order valence-corrected chi connectivity index (χ3v) is 2.92. The normalized spacial score (nSPS) is 9.86. The lowest BCUT2D eigenvalue weighted by Crippen LogP contribution is -2.23. The van der Waals surface area contributed by atoms with Crippen LogP contribution < -0.4 is 16.0 Å². The van der Waals surface area contributed by atoms with Gasteiger partial charge < -0.3 is 10.5 Å². The first-order valence-corrected chi connectivity index (χ1v) is 6.54. The third kappa shape index (κ3) is 3.71. The molecule has 0 bridgehead atoms. The van der Waals surface area contributed by atoms with Crippen molar-refractivity contribution in [3.8, 4) is 17.6 Å². The van der Waals surface area contributed by atoms with E-state index >= 15 is 0 Å². The minimum atomic E-state index is -0.133. The Morgan fingerprint density at radius 3 is 2.86 bits per heavy atom. The summed E-state index contributed by atoms with van der Waals surface area (Å²) in [7, 11) is 1.59. The summed E-state index contributed by atoms with van der Waals surface area (Å²) in [5.41, 5.74) is 7.74. The molecule has 0 saturated heterocycles. The zero-order chi connectivity index (χ0) is 15.2. The summed E-state index contributed by atoms with van der Waals surface area (Å²) in [6, 6.07) is 8.82. The van der Waals surface area contributed by atoms with Gasteiger partial charge in [0.1, 0.15) is 5.75 Å². The Bertz CT molecular complexity index is 754. The van der Waals surface area contributed by atoms with Crippen molar-refractivity contribution in [2.45, 2.75) is 13.5 Å². The van der Waals surface area contributed by atoms with Crippen LogP contribution in [0.3, 0.4) is 0 Å². The molecule has 21 heavy (non-hydrogen) atoms. The van der Waals surface area contributed by atoms with Crippen molar-refractivity contribution in [2.75, 3.05) is 13.7 Å². The smallest absolute Gasteiger partial charge is 0.267 e. The molecule has 0 unspecified atom stereocenters. The van der Waals surface area contributed by atoms with Gasteiger partial charge in [-0.25, -0.2) is 4.68 Å². The van der Waals surface area contributed by atoms with E-state index in [9.17, 15) is 4.79 Å². The first-order valence-electron chi connectivity index (χ1n) is 6.54. The maximum atomic E-state index is 11.8. The standard InChI is InChI=1S/C16H17N3O2/c1-12-5-8-16(20)19(18-12)11-13-6-7-15(21-2)14(10-13)4-3-9-17/h5-8,10H,9,11,17H2,1-2H3. The molecule has 5 heteroatoms. The number of benzene rings is 1. The predicted molar refractivity (Wildman–Crippen MR) is 81.3 cm³/mol. The van der Waals surface area contributed by atoms with Crippen molar-refractivity contribution >= 4 is 0 Å². The Balaban J connectivity index is 2.36. The second-order valence-electron chi connectivity index (χ2n) is 4.51. The van der Waals surface area contributed by atoms with E-state index in [4.69, 9.17) is 10.5 Å². The van der Waals surface area contributed by atoms with E-state index in [1.165, 1.54) is 10.7 Å². The summed E-state index contributed by atoms with van der Waals surface area (Å²) < 4.78 is 6.69. The molecule has 5 nitrogen and oxygen atoms in total. The average Bonchev–Trinajstić information content (AvgIpc) is 2.49. The van der Waals surface area contributed by atoms with Gasteiger partial charge in [0, 0.05) is 6.07 Å². The van der Waals surface area contributed by atoms with Gasteiger partial charge >= 0.3 is 0 Å². The fourth-order valence-corrected chi connectivity index (χ4v) is 1.93. The second-order valence-corrected chi connectivity index (χ2v) is 4.51. The number of ether oxygens (including phenoxy) is 1. The minimum absolute atomic E-state index is 0.133. The predicted octanol–water partition coefficient (Wildman–Crippen LogP) is 0.919. The maximum Gasteiger partial charge on any atom is 0.267 e. The molecule has 2 aromatic rings. The fourth-order valence-electron chi connectivity index (χ4n) is 1.93. The molecule has 108 valence electrons. The number of hydrogen-bond donors (Lipinski definition) is 1. The molecule has 0 aliphatic rings. The summed E-state index contributed by atoms with van der Waals surface area (Å²) in [6.07, 6.45) is 0. The first kappa shape index (κ1) is 14.8. The molecule has 0 aliphatic carbocycles. The highest BCUT2D eigenvalue weighted by atomic mass is 16.5. The van der Waals surface area contributed by atoms with Crippen LogP contribution in [-0.4, -0.2) is 23.4 Å². The Hall–Kier alpha value is -2.58. The van der Waals surface area contributed by atoms with Crippen LogP contribution in [0.4, 0.5) is 0 Å². The van der Waals surface area contributed by atoms with Crippen molar-refractivity contribution in [1.82, 2.24) is 9.78 Å². The van der Waals surface area contributed by atoms with Gasteiger partial charge in [-0.15, -0.1) is 0 Å². The zero-order valence-electron chi connectivity index (χ0n) is 12.1. The van der Waals surface area contributed by atoms with Crippen LogP contribution in [0.25, 0.3) is 0 Å². The Morgan fingerprint density at radius 1 is 1.33 bits per heavy atom. The van der Waals surface area contributed by atoms with Gasteiger partial charge in [-0.3, -0.25) is 4.79 Å². The molecule has 1 aromatic heterocycles. The van der Waals surface area contributed by atoms with Crippen molar-refractivity contribution in [2.24, 2.45) is 5.73 Å². The second kappa shape index (κ2) is 6.73. The van der Waals surface area contributed by atoms with E-state index in [-0.39, 0.29) is 12.1 Å². The van der Waals surface area contributed by atoms with E-state index in [1.54, 1.807) is 13.2 Å². The molecule has 0 atom stereocenters. The molecular formula is C16H17N3O2. The lowest BCUT2D eigenvalue weighted by Gasteiger charge is -2.08. The Kier molecular flexibility index (Phi) is 4.75. The van der Waals surface area contributed by atoms with Crippen LogP contribution in [-0.2, 0) is 6.54 Å². The first-order chi connectivity index (χ1) is 10.1. The van der Waals surface area contributed by atoms with E-state index in [0.717, 1.165) is 16.8 Å². The molecule has 2 N–H and O–H groups in total. The topological polar surface area (TPSA) is 70.1 Å². The summed E-state index contributed by atoms with van der Waals surface area (Å²) in [5.74, 6) is 6.46. The number of aryl methyl sites for hydroxylation is 1. The molecule has 0 aliphatic heterocycles. The highest BCUT2D eigenvalue weighted by Crippen LogP contribution is 2.19. The number of hydrogen-bond acceptors (Lipinski definition) is 4. The molecule has 0 radical (unpaired) electrons. The molecule has 0 fully saturated rings. The van der Waals surface area contributed by atoms with E-state index in [2.05, 4.69) is 16.9 Å². The van der Waals surface area contributed by atoms with E-state index in [0.29, 0.717) is 12.3 Å². The van der Waals surface area contributed by atoms with Crippen LogP contribution in [0.1, 0.15) is 16.8 Å². The quantitative estimate of drug-likeness (QED) is 0.850. The van der Waals surface area contributed by atoms with E-state index < -0.39 is 0 Å². The summed E-state index contributed by atoms with van der Waals surface area (Å²) in [5, 5.41) is 4.22. The molecule has 1 aromatic carbocycles. The molecule has 1 heterocycles. The summed E-state index contributed by atoms with van der Waals surface area (Å²) in [6.45, 7) is 2.52. The van der Waals surface area contributed by atoms with Gasteiger partial charge in [-0.05, 0) is 30.7 Å². The fraction of sp³-hybridized carbons (Fsp3) is 0.250. The zero-order valence-corrected chi connectivity index (χ0v) is 12.1. The van der Waals surface area contributed by atoms with Crippen molar-refractivity contribution in [1.29, 1.82) is 0 Å². The molecule has 0 saturated carbocycles. The SMILES string of the molecule is COc1ccc(Cn2nc(C)ccc2=O)cc1C#CCN. The van der Waals surface area contributed by atoms with Gasteiger partial charge in [-0.2, -0.15) is 5.10 Å². The van der Waals surface area contributed by atoms with Gasteiger partial charge in [0.05, 0.1) is 31.5 Å². The highest BCUT2D eigenvalue weighted by molar-refractivity contribution is 5.48. The van der Waals surface area contributed by atoms with Crippen LogP contribution >= 0.6 is 0 Å². The van der Waals surface area contributed by atoms with Gasteiger partial charge in [-0.1, -0.05) is 17.9 Å². The van der Waals surface area contributed by atoms with Crippen LogP contribution in [0.15, 0.2) is 35.1 Å². The van der Waals surface area contributed by atoms with Crippen LogP contribution in [0.2, 0.25) is 0 Å². The van der Waals surface area contributed by atoms with Gasteiger partial charge in [0.15, 0.2) is 0 Å². The molecular weight excluding hydrogens is 266 g/mol. The molecule has 2 rings (SSSR count). The number of aromatic nitrogens is 2. The monoisotopic (exact) mass is 283 g/mol. The number of nitrogens with zero attached hydrogens (tertiary/aromatic N) is 2. The van der Waals surface area contributed by atoms with E-state index in [1.807, 2.05) is 25.1 Å². The Morgan fingerprint density at radius 2 is 2.14 bits per heavy atom. The highest BCUT2D eigenvalue weighted by Gasteiger charge is 2.05. The number of rotatable bonds is 3. The van der Waals surface area contributed by atoms with Crippen molar-refractivity contribution < 1.29 is 4.74 Å². The maximum absolute atomic E-state index is 11.8.